The van der Waals surface area contributed by atoms with Crippen LogP contribution >= 0.6 is 35.0 Å². The third-order valence-electron chi connectivity index (χ3n) is 4.37. The average Bonchev–Trinajstić information content (AvgIpc) is 3.12. The van der Waals surface area contributed by atoms with Crippen LogP contribution in [0.4, 0.5) is 0 Å². The molecule has 0 saturated carbocycles. The van der Waals surface area contributed by atoms with Gasteiger partial charge in [-0.1, -0.05) is 40.9 Å². The van der Waals surface area contributed by atoms with Crippen molar-refractivity contribution in [1.82, 2.24) is 14.8 Å². The van der Waals surface area contributed by atoms with Crippen molar-refractivity contribution < 1.29 is 14.4 Å². The van der Waals surface area contributed by atoms with Crippen LogP contribution in [0.15, 0.2) is 41.6 Å². The smallest absolute Gasteiger partial charge is 0.220 e. The molecule has 0 radical (unpaired) electrons. The second-order valence-corrected chi connectivity index (χ2v) is 8.50. The molecule has 0 spiro atoms. The number of terminal acetylenes is 1. The molecule has 0 N–H and O–H groups in total. The van der Waals surface area contributed by atoms with E-state index < -0.39 is 10.2 Å². The lowest BCUT2D eigenvalue weighted by Crippen LogP contribution is -2.12. The van der Waals surface area contributed by atoms with Gasteiger partial charge in [0.15, 0.2) is 16.7 Å². The molecule has 0 aliphatic heterocycles. The van der Waals surface area contributed by atoms with Crippen LogP contribution in [0, 0.1) is 29.4 Å². The molecule has 1 aromatic heterocycles. The van der Waals surface area contributed by atoms with Crippen LogP contribution < -0.4 is 9.47 Å². The molecule has 0 fully saturated rings. The first-order valence-electron chi connectivity index (χ1n) is 9.24. The highest BCUT2D eigenvalue weighted by molar-refractivity contribution is 7.99. The second-order valence-electron chi connectivity index (χ2n) is 6.49. The first kappa shape index (κ1) is 23.7. The SMILES string of the molecule is C#CCOc1c(Cl)cc([C@H](C[N+](=O)[O-])Sc2nnc(C)n2-c2ccc(Cl)cc2)cc1OC. The normalized spacial score (nSPS) is 11.6. The number of methoxy groups -OCH3 is 1. The monoisotopic (exact) mass is 492 g/mol. The fraction of sp³-hybridized carbons (Fsp3) is 0.238. The molecule has 2 aromatic carbocycles. The molecule has 0 bridgehead atoms. The lowest BCUT2D eigenvalue weighted by atomic mass is 10.1. The highest BCUT2D eigenvalue weighted by Gasteiger charge is 2.26. The number of ether oxygens (including phenoxy) is 2. The molecule has 0 saturated heterocycles. The van der Waals surface area contributed by atoms with Gasteiger partial charge in [0.25, 0.3) is 0 Å². The fourth-order valence-corrected chi connectivity index (χ4v) is 4.51. The van der Waals surface area contributed by atoms with E-state index in [4.69, 9.17) is 39.1 Å². The molecule has 1 atom stereocenters. The van der Waals surface area contributed by atoms with E-state index in [1.807, 2.05) is 12.1 Å². The molecule has 1 heterocycles. The van der Waals surface area contributed by atoms with E-state index >= 15 is 0 Å². The first-order valence-corrected chi connectivity index (χ1v) is 10.9. The van der Waals surface area contributed by atoms with Crippen molar-refractivity contribution in [3.05, 3.63) is 67.9 Å². The van der Waals surface area contributed by atoms with Crippen LogP contribution in [0.2, 0.25) is 10.0 Å². The topological polar surface area (TPSA) is 92.3 Å². The number of halogens is 2. The van der Waals surface area contributed by atoms with Crippen LogP contribution in [0.3, 0.4) is 0 Å². The molecular weight excluding hydrogens is 475 g/mol. The Hall–Kier alpha value is -2.93. The second kappa shape index (κ2) is 10.6. The minimum Gasteiger partial charge on any atom is -0.493 e. The first-order chi connectivity index (χ1) is 15.3. The summed E-state index contributed by atoms with van der Waals surface area (Å²) in [7, 11) is 1.45. The minimum atomic E-state index is -0.632. The summed E-state index contributed by atoms with van der Waals surface area (Å²) in [6.07, 6.45) is 5.25. The van der Waals surface area contributed by atoms with Crippen molar-refractivity contribution in [2.45, 2.75) is 17.3 Å². The molecule has 166 valence electrons. The van der Waals surface area contributed by atoms with Crippen LogP contribution in [-0.2, 0) is 0 Å². The zero-order valence-corrected chi connectivity index (χ0v) is 19.4. The summed E-state index contributed by atoms with van der Waals surface area (Å²) in [5, 5.41) is 20.5. The van der Waals surface area contributed by atoms with Crippen LogP contribution in [-0.4, -0.2) is 39.9 Å². The maximum absolute atomic E-state index is 11.4. The van der Waals surface area contributed by atoms with Crippen LogP contribution in [0.1, 0.15) is 16.6 Å². The number of hydrogen-bond donors (Lipinski definition) is 0. The molecular formula is C21H18Cl2N4O4S. The number of benzene rings is 2. The summed E-state index contributed by atoms with van der Waals surface area (Å²) >= 11 is 13.6. The standard InChI is InChI=1S/C21H18Cl2N4O4S/c1-4-9-31-20-17(23)10-14(11-18(20)30-3)19(12-26(28)29)32-21-25-24-13(2)27(21)16-7-5-15(22)6-8-16/h1,5-8,10-11,19H,9,12H2,2-3H3/t19-/m0/s1. The molecule has 0 aliphatic carbocycles. The fourth-order valence-electron chi connectivity index (χ4n) is 2.96. The van der Waals surface area contributed by atoms with Gasteiger partial charge in [-0.3, -0.25) is 14.7 Å². The largest absolute Gasteiger partial charge is 0.493 e. The lowest BCUT2D eigenvalue weighted by molar-refractivity contribution is -0.479. The van der Waals surface area contributed by atoms with Crippen molar-refractivity contribution in [1.29, 1.82) is 0 Å². The number of thioether (sulfide) groups is 1. The summed E-state index contributed by atoms with van der Waals surface area (Å²) in [6.45, 7) is 1.43. The van der Waals surface area contributed by atoms with Gasteiger partial charge in [0, 0.05) is 15.6 Å². The number of nitrogens with zero attached hydrogens (tertiary/aromatic N) is 4. The number of aromatic nitrogens is 3. The number of aryl methyl sites for hydroxylation is 1. The number of nitro groups is 1. The summed E-state index contributed by atoms with van der Waals surface area (Å²) in [4.78, 5) is 11.0. The molecule has 0 amide bonds. The Balaban J connectivity index is 2.01. The lowest BCUT2D eigenvalue weighted by Gasteiger charge is -2.17. The third kappa shape index (κ3) is 5.46. The Kier molecular flexibility index (Phi) is 7.85. The van der Waals surface area contributed by atoms with Gasteiger partial charge < -0.3 is 9.47 Å². The summed E-state index contributed by atoms with van der Waals surface area (Å²) < 4.78 is 12.6. The number of rotatable bonds is 9. The van der Waals surface area contributed by atoms with Gasteiger partial charge in [-0.25, -0.2) is 0 Å². The Morgan fingerprint density at radius 2 is 2.00 bits per heavy atom. The Morgan fingerprint density at radius 1 is 1.28 bits per heavy atom. The van der Waals surface area contributed by atoms with Crippen LogP contribution in [0.5, 0.6) is 11.5 Å². The Labute approximate surface area is 199 Å². The highest BCUT2D eigenvalue weighted by atomic mass is 35.5. The van der Waals surface area contributed by atoms with Gasteiger partial charge in [0.2, 0.25) is 6.54 Å². The van der Waals surface area contributed by atoms with E-state index in [0.717, 1.165) is 5.69 Å². The predicted octanol–water partition coefficient (Wildman–Crippen LogP) is 5.01. The quantitative estimate of drug-likeness (QED) is 0.179. The Morgan fingerprint density at radius 3 is 2.62 bits per heavy atom. The van der Waals surface area contributed by atoms with E-state index in [9.17, 15) is 10.1 Å². The maximum atomic E-state index is 11.4. The molecule has 0 aliphatic rings. The van der Waals surface area contributed by atoms with Crippen LogP contribution in [0.25, 0.3) is 5.69 Å². The maximum Gasteiger partial charge on any atom is 0.220 e. The van der Waals surface area contributed by atoms with Crippen molar-refractivity contribution in [3.63, 3.8) is 0 Å². The van der Waals surface area contributed by atoms with E-state index in [1.54, 1.807) is 35.8 Å². The predicted molar refractivity (Wildman–Crippen MR) is 124 cm³/mol. The molecule has 11 heteroatoms. The molecule has 32 heavy (non-hydrogen) atoms. The minimum absolute atomic E-state index is 0.00593. The van der Waals surface area contributed by atoms with Gasteiger partial charge in [-0.2, -0.15) is 0 Å². The van der Waals surface area contributed by atoms with Crippen molar-refractivity contribution in [2.24, 2.45) is 0 Å². The van der Waals surface area contributed by atoms with E-state index in [-0.39, 0.29) is 23.9 Å². The number of hydrogen-bond acceptors (Lipinski definition) is 7. The van der Waals surface area contributed by atoms with E-state index in [2.05, 4.69) is 16.1 Å². The third-order valence-corrected chi connectivity index (χ3v) is 6.08. The molecule has 3 aromatic rings. The molecule has 3 rings (SSSR count). The van der Waals surface area contributed by atoms with Crippen molar-refractivity contribution in [3.8, 4) is 29.5 Å². The molecule has 8 nitrogen and oxygen atoms in total. The molecule has 0 unspecified atom stereocenters. The van der Waals surface area contributed by atoms with Gasteiger partial charge in [0.05, 0.1) is 12.1 Å². The van der Waals surface area contributed by atoms with Gasteiger partial charge in [-0.05, 0) is 48.9 Å². The van der Waals surface area contributed by atoms with Gasteiger partial charge in [-0.15, -0.1) is 16.6 Å². The zero-order chi connectivity index (χ0) is 23.3. The van der Waals surface area contributed by atoms with Crippen molar-refractivity contribution >= 4 is 35.0 Å². The summed E-state index contributed by atoms with van der Waals surface area (Å²) in [5.41, 5.74) is 1.36. The van der Waals surface area contributed by atoms with E-state index in [1.165, 1.54) is 18.9 Å². The van der Waals surface area contributed by atoms with Crippen molar-refractivity contribution in [2.75, 3.05) is 20.3 Å². The zero-order valence-electron chi connectivity index (χ0n) is 17.1. The van der Waals surface area contributed by atoms with Gasteiger partial charge >= 0.3 is 0 Å². The van der Waals surface area contributed by atoms with Gasteiger partial charge in [0.1, 0.15) is 17.7 Å². The van der Waals surface area contributed by atoms with E-state index in [0.29, 0.717) is 27.3 Å². The summed E-state index contributed by atoms with van der Waals surface area (Å²) in [5.74, 6) is 3.59. The summed E-state index contributed by atoms with van der Waals surface area (Å²) in [6, 6.07) is 10.4. The average molecular weight is 493 g/mol. The Bertz CT molecular complexity index is 1160. The highest BCUT2D eigenvalue weighted by Crippen LogP contribution is 2.43.